The van der Waals surface area contributed by atoms with Crippen LogP contribution in [0.3, 0.4) is 0 Å². The van der Waals surface area contributed by atoms with Gasteiger partial charge in [0.15, 0.2) is 0 Å². The highest BCUT2D eigenvalue weighted by atomic mass is 16.2. The highest BCUT2D eigenvalue weighted by Gasteiger charge is 2.49. The lowest BCUT2D eigenvalue weighted by Gasteiger charge is -2.55. The van der Waals surface area contributed by atoms with Crippen molar-refractivity contribution < 1.29 is 4.79 Å². The van der Waals surface area contributed by atoms with Crippen molar-refractivity contribution in [1.82, 2.24) is 9.80 Å². The summed E-state index contributed by atoms with van der Waals surface area (Å²) < 4.78 is 0. The summed E-state index contributed by atoms with van der Waals surface area (Å²) in [5, 5.41) is 0. The zero-order valence-electron chi connectivity index (χ0n) is 22.6. The molecule has 2 bridgehead atoms. The van der Waals surface area contributed by atoms with Crippen molar-refractivity contribution in [3.05, 3.63) is 95.1 Å². The summed E-state index contributed by atoms with van der Waals surface area (Å²) in [7, 11) is 1.94. The minimum atomic E-state index is 0.133. The van der Waals surface area contributed by atoms with Crippen LogP contribution in [-0.2, 0) is 18.3 Å². The Morgan fingerprint density at radius 2 is 1.73 bits per heavy atom. The summed E-state index contributed by atoms with van der Waals surface area (Å²) in [6, 6.07) is 26.4. The molecule has 3 aromatic rings. The molecule has 0 spiro atoms. The van der Waals surface area contributed by atoms with Crippen LogP contribution in [0.1, 0.15) is 60.2 Å². The number of hydrogen-bond donors (Lipinski definition) is 0. The molecule has 1 saturated heterocycles. The lowest BCUT2D eigenvalue weighted by atomic mass is 9.59. The van der Waals surface area contributed by atoms with Gasteiger partial charge in [0.2, 0.25) is 0 Å². The molecule has 0 N–H and O–H groups in total. The predicted octanol–water partition coefficient (Wildman–Crippen LogP) is 6.60. The molecule has 0 aromatic heterocycles. The number of carbonyl (C=O) groups is 1. The van der Waals surface area contributed by atoms with E-state index in [9.17, 15) is 4.79 Å². The van der Waals surface area contributed by atoms with Crippen LogP contribution in [0.4, 0.5) is 0 Å². The van der Waals surface area contributed by atoms with Gasteiger partial charge in [-0.3, -0.25) is 9.69 Å². The van der Waals surface area contributed by atoms with Gasteiger partial charge in [-0.2, -0.15) is 0 Å². The third kappa shape index (κ3) is 4.75. The monoisotopic (exact) mass is 492 g/mol. The molecule has 1 aliphatic heterocycles. The van der Waals surface area contributed by atoms with E-state index in [2.05, 4.69) is 85.5 Å². The van der Waals surface area contributed by atoms with Crippen LogP contribution >= 0.6 is 0 Å². The molecular formula is C34H40N2O. The molecule has 3 aromatic carbocycles. The fourth-order valence-electron chi connectivity index (χ4n) is 6.81. The Balaban J connectivity index is 1.13. The highest BCUT2D eigenvalue weighted by Crippen LogP contribution is 2.49. The van der Waals surface area contributed by atoms with Crippen molar-refractivity contribution in [2.45, 2.75) is 57.4 Å². The van der Waals surface area contributed by atoms with Gasteiger partial charge in [-0.1, -0.05) is 74.5 Å². The Kier molecular flexibility index (Phi) is 6.44. The minimum absolute atomic E-state index is 0.133. The fourth-order valence-corrected chi connectivity index (χ4v) is 6.81. The van der Waals surface area contributed by atoms with Gasteiger partial charge in [0.05, 0.1) is 0 Å². The first-order chi connectivity index (χ1) is 17.9. The van der Waals surface area contributed by atoms with Gasteiger partial charge in [0.1, 0.15) is 0 Å². The maximum absolute atomic E-state index is 13.4. The van der Waals surface area contributed by atoms with Crippen molar-refractivity contribution in [3.63, 3.8) is 0 Å². The number of piperidine rings is 1. The van der Waals surface area contributed by atoms with Gasteiger partial charge in [-0.25, -0.2) is 0 Å². The van der Waals surface area contributed by atoms with Crippen molar-refractivity contribution in [2.75, 3.05) is 26.7 Å². The van der Waals surface area contributed by atoms with E-state index in [1.54, 1.807) is 0 Å². The van der Waals surface area contributed by atoms with Gasteiger partial charge < -0.3 is 4.90 Å². The largest absolute Gasteiger partial charge is 0.341 e. The molecular weight excluding hydrogens is 452 g/mol. The van der Waals surface area contributed by atoms with Gasteiger partial charge in [0.25, 0.3) is 5.91 Å². The SMILES string of the molecule is C[C@@H]1[C@H]2Cc3ccc(C(=O)N(C)CCc4ccc(-c5ccccc5)cc4)cc3[C@]1(C)CCN2CC1CC1. The third-order valence-electron chi connectivity index (χ3n) is 9.70. The molecule has 3 heteroatoms. The predicted molar refractivity (Wildman–Crippen MR) is 152 cm³/mol. The molecule has 0 radical (unpaired) electrons. The molecule has 1 saturated carbocycles. The Hall–Kier alpha value is -2.91. The zero-order valence-corrected chi connectivity index (χ0v) is 22.6. The number of likely N-dealkylation sites (N-methyl/N-ethyl adjacent to an activating group) is 1. The quantitative estimate of drug-likeness (QED) is 0.371. The van der Waals surface area contributed by atoms with Gasteiger partial charge in [0, 0.05) is 31.7 Å². The Morgan fingerprint density at radius 1 is 1.00 bits per heavy atom. The molecule has 3 aliphatic rings. The number of amides is 1. The number of nitrogens with zero attached hydrogens (tertiary/aromatic N) is 2. The first kappa shape index (κ1) is 24.4. The third-order valence-corrected chi connectivity index (χ3v) is 9.70. The van der Waals surface area contributed by atoms with E-state index in [-0.39, 0.29) is 11.3 Å². The van der Waals surface area contributed by atoms with E-state index in [1.807, 2.05) is 18.0 Å². The molecule has 6 rings (SSSR count). The van der Waals surface area contributed by atoms with E-state index < -0.39 is 0 Å². The second-order valence-electron chi connectivity index (χ2n) is 12.1. The maximum atomic E-state index is 13.4. The first-order valence-corrected chi connectivity index (χ1v) is 14.2. The van der Waals surface area contributed by atoms with Crippen molar-refractivity contribution in [3.8, 4) is 11.1 Å². The van der Waals surface area contributed by atoms with Gasteiger partial charge in [-0.05, 0) is 95.8 Å². The smallest absolute Gasteiger partial charge is 0.253 e. The molecule has 37 heavy (non-hydrogen) atoms. The molecule has 3 nitrogen and oxygen atoms in total. The maximum Gasteiger partial charge on any atom is 0.253 e. The molecule has 1 heterocycles. The summed E-state index contributed by atoms with van der Waals surface area (Å²) in [6.45, 7) is 8.11. The van der Waals surface area contributed by atoms with Crippen LogP contribution < -0.4 is 0 Å². The number of benzene rings is 3. The lowest BCUT2D eigenvalue weighted by Crippen LogP contribution is -2.58. The summed E-state index contributed by atoms with van der Waals surface area (Å²) in [6.07, 6.45) is 6.02. The van der Waals surface area contributed by atoms with Gasteiger partial charge >= 0.3 is 0 Å². The van der Waals surface area contributed by atoms with Crippen molar-refractivity contribution in [1.29, 1.82) is 0 Å². The van der Waals surface area contributed by atoms with E-state index >= 15 is 0 Å². The second-order valence-corrected chi connectivity index (χ2v) is 12.1. The fraction of sp³-hybridized carbons (Fsp3) is 0.441. The van der Waals surface area contributed by atoms with E-state index in [0.29, 0.717) is 18.5 Å². The van der Waals surface area contributed by atoms with Gasteiger partial charge in [-0.15, -0.1) is 0 Å². The Bertz CT molecular complexity index is 1260. The molecule has 3 atom stereocenters. The Labute approximate surface area is 222 Å². The van der Waals surface area contributed by atoms with E-state index in [4.69, 9.17) is 0 Å². The second kappa shape index (κ2) is 9.76. The van der Waals surface area contributed by atoms with E-state index in [1.165, 1.54) is 60.2 Å². The minimum Gasteiger partial charge on any atom is -0.341 e. The average molecular weight is 493 g/mol. The standard InChI is InChI=1S/C34H40N2O/c1-24-32-22-29-15-16-30(21-31(29)34(24,2)18-20-36(32)23-26-9-10-26)33(37)35(3)19-17-25-11-13-28(14-12-25)27-7-5-4-6-8-27/h4-8,11-16,21,24,26,32H,9-10,17-20,22-23H2,1-3H3/t24-,32-,34-/m1/s1. The number of rotatable bonds is 7. The lowest BCUT2D eigenvalue weighted by molar-refractivity contribution is 0.0283. The number of likely N-dealkylation sites (tertiary alicyclic amines) is 1. The first-order valence-electron chi connectivity index (χ1n) is 14.2. The number of hydrogen-bond acceptors (Lipinski definition) is 2. The van der Waals surface area contributed by atoms with Crippen LogP contribution in [0.15, 0.2) is 72.8 Å². The Morgan fingerprint density at radius 3 is 2.46 bits per heavy atom. The van der Waals surface area contributed by atoms with Crippen LogP contribution in [0.25, 0.3) is 11.1 Å². The number of fused-ring (bicyclic) bond motifs is 4. The topological polar surface area (TPSA) is 23.6 Å². The zero-order chi connectivity index (χ0) is 25.6. The molecule has 2 aliphatic carbocycles. The van der Waals surface area contributed by atoms with E-state index in [0.717, 1.165) is 24.3 Å². The summed E-state index contributed by atoms with van der Waals surface area (Å²) in [4.78, 5) is 18.1. The number of carbonyl (C=O) groups excluding carboxylic acids is 1. The summed E-state index contributed by atoms with van der Waals surface area (Å²) in [5.74, 6) is 1.69. The van der Waals surface area contributed by atoms with Crippen LogP contribution in [0.5, 0.6) is 0 Å². The van der Waals surface area contributed by atoms with Crippen molar-refractivity contribution in [2.24, 2.45) is 11.8 Å². The molecule has 1 amide bonds. The van der Waals surface area contributed by atoms with Crippen LogP contribution in [0.2, 0.25) is 0 Å². The summed E-state index contributed by atoms with van der Waals surface area (Å²) >= 11 is 0. The highest BCUT2D eigenvalue weighted by molar-refractivity contribution is 5.94. The van der Waals surface area contributed by atoms with Crippen LogP contribution in [-0.4, -0.2) is 48.4 Å². The average Bonchev–Trinajstić information content (AvgIpc) is 3.75. The van der Waals surface area contributed by atoms with Crippen LogP contribution in [0, 0.1) is 11.8 Å². The molecule has 2 fully saturated rings. The molecule has 192 valence electrons. The summed E-state index contributed by atoms with van der Waals surface area (Å²) in [5.41, 5.74) is 7.61. The van der Waals surface area contributed by atoms with Crippen molar-refractivity contribution >= 4 is 5.91 Å². The molecule has 0 unspecified atom stereocenters. The normalized spacial score (nSPS) is 24.9.